The van der Waals surface area contributed by atoms with E-state index in [2.05, 4.69) is 50.9 Å². The van der Waals surface area contributed by atoms with Crippen LogP contribution in [0.4, 0.5) is 0 Å². The highest BCUT2D eigenvalue weighted by Gasteiger charge is 2.37. The minimum atomic E-state index is 0.0166. The minimum Gasteiger partial charge on any atom is -0.296 e. The van der Waals surface area contributed by atoms with Crippen LogP contribution in [0.2, 0.25) is 0 Å². The molecule has 3 N–H and O–H groups in total. The van der Waals surface area contributed by atoms with Crippen LogP contribution in [0.5, 0.6) is 0 Å². The van der Waals surface area contributed by atoms with E-state index in [4.69, 9.17) is 5.84 Å². The number of halogens is 1. The van der Waals surface area contributed by atoms with Gasteiger partial charge in [0.2, 0.25) is 0 Å². The van der Waals surface area contributed by atoms with Gasteiger partial charge < -0.3 is 0 Å². The summed E-state index contributed by atoms with van der Waals surface area (Å²) in [7, 11) is 0. The number of nitrogens with two attached hydrogens (primary N) is 1. The molecule has 5 heteroatoms. The predicted octanol–water partition coefficient (Wildman–Crippen LogP) is 3.67. The molecule has 1 saturated heterocycles. The lowest BCUT2D eigenvalue weighted by molar-refractivity contribution is 0.0833. The van der Waals surface area contributed by atoms with Crippen LogP contribution in [0.1, 0.15) is 51.1 Å². The Morgan fingerprint density at radius 3 is 2.37 bits per heavy atom. The van der Waals surface area contributed by atoms with Crippen LogP contribution >= 0.6 is 27.3 Å². The Labute approximate surface area is 128 Å². The number of hydrogen-bond donors (Lipinski definition) is 2. The Bertz CT molecular complexity index is 397. The van der Waals surface area contributed by atoms with Crippen LogP contribution in [-0.2, 0) is 0 Å². The van der Waals surface area contributed by atoms with E-state index in [-0.39, 0.29) is 11.6 Å². The Hall–Kier alpha value is 0.0600. The highest BCUT2D eigenvalue weighted by atomic mass is 79.9. The second kappa shape index (κ2) is 6.68. The molecule has 0 bridgehead atoms. The molecule has 0 aliphatic carbocycles. The molecule has 1 aromatic heterocycles. The molecule has 1 unspecified atom stereocenters. The van der Waals surface area contributed by atoms with Gasteiger partial charge in [-0.1, -0.05) is 12.8 Å². The third kappa shape index (κ3) is 3.39. The number of nitrogens with one attached hydrogen (secondary N) is 1. The maximum Gasteiger partial charge on any atom is 0.0657 e. The van der Waals surface area contributed by atoms with Crippen molar-refractivity contribution >= 4 is 27.3 Å². The van der Waals surface area contributed by atoms with E-state index in [1.807, 2.05) is 0 Å². The van der Waals surface area contributed by atoms with E-state index < -0.39 is 0 Å². The van der Waals surface area contributed by atoms with Gasteiger partial charge in [0, 0.05) is 15.4 Å². The highest BCUT2D eigenvalue weighted by molar-refractivity contribution is 9.10. The Morgan fingerprint density at radius 2 is 1.89 bits per heavy atom. The average molecular weight is 346 g/mol. The summed E-state index contributed by atoms with van der Waals surface area (Å²) in [6.45, 7) is 6.94. The van der Waals surface area contributed by atoms with Crippen LogP contribution in [0.15, 0.2) is 15.2 Å². The molecule has 1 atom stereocenters. The van der Waals surface area contributed by atoms with Crippen molar-refractivity contribution in [3.63, 3.8) is 0 Å². The molecule has 0 saturated carbocycles. The van der Waals surface area contributed by atoms with Crippen molar-refractivity contribution in [2.24, 2.45) is 5.84 Å². The molecule has 1 aliphatic rings. The zero-order chi connectivity index (χ0) is 13.9. The summed E-state index contributed by atoms with van der Waals surface area (Å²) in [5.74, 6) is 5.87. The van der Waals surface area contributed by atoms with Gasteiger partial charge in [-0.05, 0) is 66.7 Å². The molecular formula is C14H24BrN3S. The van der Waals surface area contributed by atoms with E-state index in [1.54, 1.807) is 11.3 Å². The summed E-state index contributed by atoms with van der Waals surface area (Å²) in [6.07, 6.45) is 5.31. The van der Waals surface area contributed by atoms with Crippen molar-refractivity contribution < 1.29 is 0 Å². The minimum absolute atomic E-state index is 0.0166. The van der Waals surface area contributed by atoms with Gasteiger partial charge in [-0.3, -0.25) is 16.2 Å². The first-order valence-corrected chi connectivity index (χ1v) is 8.73. The number of rotatable bonds is 4. The van der Waals surface area contributed by atoms with Crippen LogP contribution in [0.3, 0.4) is 0 Å². The molecule has 0 spiro atoms. The van der Waals surface area contributed by atoms with Gasteiger partial charge >= 0.3 is 0 Å². The molecule has 2 heterocycles. The summed E-state index contributed by atoms with van der Waals surface area (Å²) in [6, 6.07) is 0.145. The van der Waals surface area contributed by atoms with Gasteiger partial charge in [0.05, 0.1) is 6.04 Å². The predicted molar refractivity (Wildman–Crippen MR) is 86.2 cm³/mol. The summed E-state index contributed by atoms with van der Waals surface area (Å²) in [5.41, 5.74) is 4.32. The third-order valence-corrected chi connectivity index (χ3v) is 6.00. The van der Waals surface area contributed by atoms with E-state index >= 15 is 0 Å². The normalized spacial score (nSPS) is 20.2. The molecule has 0 amide bonds. The smallest absolute Gasteiger partial charge is 0.0657 e. The summed E-state index contributed by atoms with van der Waals surface area (Å²) < 4.78 is 1.16. The van der Waals surface area contributed by atoms with Crippen molar-refractivity contribution in [2.75, 3.05) is 13.1 Å². The first-order valence-electron chi connectivity index (χ1n) is 7.00. The van der Waals surface area contributed by atoms with Crippen molar-refractivity contribution in [2.45, 2.75) is 51.1 Å². The first kappa shape index (κ1) is 15.4. The lowest BCUT2D eigenvalue weighted by Gasteiger charge is -2.43. The molecule has 1 aliphatic heterocycles. The summed E-state index contributed by atoms with van der Waals surface area (Å²) in [5, 5.41) is 4.31. The van der Waals surface area contributed by atoms with Crippen LogP contribution in [0.25, 0.3) is 0 Å². The van der Waals surface area contributed by atoms with Gasteiger partial charge in [-0.25, -0.2) is 0 Å². The van der Waals surface area contributed by atoms with Gasteiger partial charge in [0.1, 0.15) is 0 Å². The molecule has 1 fully saturated rings. The molecule has 0 radical (unpaired) electrons. The van der Waals surface area contributed by atoms with Crippen LogP contribution in [0, 0.1) is 0 Å². The molecule has 3 nitrogen and oxygen atoms in total. The SMILES string of the molecule is CC(C)(C(NN)c1cscc1Br)N1CCCCCC1. The van der Waals surface area contributed by atoms with Gasteiger partial charge in [0.15, 0.2) is 0 Å². The maximum atomic E-state index is 5.87. The van der Waals surface area contributed by atoms with Crippen molar-refractivity contribution in [1.82, 2.24) is 10.3 Å². The standard InChI is InChI=1S/C14H24BrN3S/c1-14(2,18-7-5-3-4-6-8-18)13(17-16)11-9-19-10-12(11)15/h9-10,13,17H,3-8,16H2,1-2H3. The Balaban J connectivity index is 2.22. The molecule has 0 aromatic carbocycles. The molecular weight excluding hydrogens is 322 g/mol. The number of likely N-dealkylation sites (tertiary alicyclic amines) is 1. The van der Waals surface area contributed by atoms with Crippen LogP contribution in [-0.4, -0.2) is 23.5 Å². The van der Waals surface area contributed by atoms with Crippen molar-refractivity contribution in [3.05, 3.63) is 20.8 Å². The Morgan fingerprint density at radius 1 is 1.26 bits per heavy atom. The van der Waals surface area contributed by atoms with Gasteiger partial charge in [0.25, 0.3) is 0 Å². The van der Waals surface area contributed by atoms with E-state index in [0.29, 0.717) is 0 Å². The quantitative estimate of drug-likeness (QED) is 0.646. The fourth-order valence-corrected chi connectivity index (χ4v) is 4.55. The fraction of sp³-hybridized carbons (Fsp3) is 0.714. The third-order valence-electron chi connectivity index (χ3n) is 4.25. The van der Waals surface area contributed by atoms with E-state index in [1.165, 1.54) is 44.3 Å². The zero-order valence-corrected chi connectivity index (χ0v) is 14.2. The topological polar surface area (TPSA) is 41.3 Å². The van der Waals surface area contributed by atoms with Gasteiger partial charge in [-0.2, -0.15) is 11.3 Å². The fourth-order valence-electron chi connectivity index (χ4n) is 3.00. The molecule has 19 heavy (non-hydrogen) atoms. The lowest BCUT2D eigenvalue weighted by Crippen LogP contribution is -2.54. The second-order valence-electron chi connectivity index (χ2n) is 5.83. The lowest BCUT2D eigenvalue weighted by atomic mass is 9.88. The number of hydrazine groups is 1. The number of nitrogens with zero attached hydrogens (tertiary/aromatic N) is 1. The largest absolute Gasteiger partial charge is 0.296 e. The van der Waals surface area contributed by atoms with E-state index in [9.17, 15) is 0 Å². The summed E-state index contributed by atoms with van der Waals surface area (Å²) in [4.78, 5) is 2.59. The summed E-state index contributed by atoms with van der Waals surface area (Å²) >= 11 is 5.35. The number of hydrogen-bond acceptors (Lipinski definition) is 4. The maximum absolute atomic E-state index is 5.87. The zero-order valence-electron chi connectivity index (χ0n) is 11.8. The Kier molecular flexibility index (Phi) is 5.43. The molecule has 2 rings (SSSR count). The highest BCUT2D eigenvalue weighted by Crippen LogP contribution is 2.37. The number of thiophene rings is 1. The first-order chi connectivity index (χ1) is 9.07. The van der Waals surface area contributed by atoms with Crippen molar-refractivity contribution in [3.8, 4) is 0 Å². The molecule has 1 aromatic rings. The second-order valence-corrected chi connectivity index (χ2v) is 7.43. The van der Waals surface area contributed by atoms with Crippen molar-refractivity contribution in [1.29, 1.82) is 0 Å². The molecule has 108 valence electrons. The average Bonchev–Trinajstić information content (AvgIpc) is 2.66. The van der Waals surface area contributed by atoms with E-state index in [0.717, 1.165) is 4.47 Å². The van der Waals surface area contributed by atoms with Gasteiger partial charge in [-0.15, -0.1) is 0 Å². The monoisotopic (exact) mass is 345 g/mol. The van der Waals surface area contributed by atoms with Crippen LogP contribution < -0.4 is 11.3 Å².